The van der Waals surface area contributed by atoms with Gasteiger partial charge >= 0.3 is 0 Å². The fourth-order valence-electron chi connectivity index (χ4n) is 1.74. The topological polar surface area (TPSA) is 12.0 Å². The Kier molecular flexibility index (Phi) is 3.90. The highest BCUT2D eigenvalue weighted by Crippen LogP contribution is 2.31. The van der Waals surface area contributed by atoms with Gasteiger partial charge in [0.15, 0.2) is 0 Å². The van der Waals surface area contributed by atoms with Crippen molar-refractivity contribution in [1.29, 1.82) is 0 Å². The van der Waals surface area contributed by atoms with Gasteiger partial charge in [-0.1, -0.05) is 13.5 Å². The van der Waals surface area contributed by atoms with Crippen molar-refractivity contribution in [2.24, 2.45) is 0 Å². The minimum absolute atomic E-state index is 0.987. The van der Waals surface area contributed by atoms with Gasteiger partial charge < -0.3 is 5.32 Å². The zero-order valence-electron chi connectivity index (χ0n) is 9.53. The van der Waals surface area contributed by atoms with Crippen molar-refractivity contribution in [2.75, 3.05) is 6.54 Å². The van der Waals surface area contributed by atoms with Crippen molar-refractivity contribution in [3.05, 3.63) is 27.5 Å². The molecule has 0 saturated heterocycles. The quantitative estimate of drug-likeness (QED) is 0.800. The zero-order chi connectivity index (χ0) is 10.7. The number of allylic oxidation sites excluding steroid dienone is 1. The number of hydrogen-bond donors (Lipinski definition) is 1. The van der Waals surface area contributed by atoms with Gasteiger partial charge in [-0.25, -0.2) is 0 Å². The summed E-state index contributed by atoms with van der Waals surface area (Å²) in [5.74, 6) is 0. The Bertz CT molecular complexity index is 336. The lowest BCUT2D eigenvalue weighted by molar-refractivity contribution is 0.733. The van der Waals surface area contributed by atoms with Crippen LogP contribution in [0, 0.1) is 13.8 Å². The summed E-state index contributed by atoms with van der Waals surface area (Å²) in [5, 5.41) is 3.37. The van der Waals surface area contributed by atoms with Gasteiger partial charge in [0.05, 0.1) is 0 Å². The van der Waals surface area contributed by atoms with Crippen molar-refractivity contribution in [3.8, 4) is 0 Å². The summed E-state index contributed by atoms with van der Waals surface area (Å²) in [6, 6.07) is 0. The Morgan fingerprint density at radius 1 is 1.43 bits per heavy atom. The molecule has 0 amide bonds. The van der Waals surface area contributed by atoms with Crippen LogP contribution in [0.15, 0.2) is 6.58 Å². The van der Waals surface area contributed by atoms with E-state index in [0.717, 1.165) is 13.1 Å². The molecule has 0 atom stereocenters. The van der Waals surface area contributed by atoms with Gasteiger partial charge in [0.25, 0.3) is 0 Å². The van der Waals surface area contributed by atoms with Crippen LogP contribution < -0.4 is 5.32 Å². The van der Waals surface area contributed by atoms with Crippen LogP contribution in [0.2, 0.25) is 0 Å². The number of rotatable bonds is 4. The van der Waals surface area contributed by atoms with Crippen molar-refractivity contribution < 1.29 is 0 Å². The van der Waals surface area contributed by atoms with E-state index in [1.54, 1.807) is 0 Å². The number of aryl methyl sites for hydroxylation is 1. The maximum atomic E-state index is 4.03. The minimum Gasteiger partial charge on any atom is -0.312 e. The smallest absolute Gasteiger partial charge is 0.0302 e. The van der Waals surface area contributed by atoms with E-state index in [1.165, 1.54) is 26.5 Å². The van der Waals surface area contributed by atoms with Crippen molar-refractivity contribution in [3.63, 3.8) is 0 Å². The van der Waals surface area contributed by atoms with Gasteiger partial charge in [-0.15, -0.1) is 11.3 Å². The Balaban J connectivity index is 2.98. The molecule has 0 aliphatic carbocycles. The molecule has 1 N–H and O–H groups in total. The molecule has 0 aromatic carbocycles. The first-order chi connectivity index (χ1) is 6.57. The summed E-state index contributed by atoms with van der Waals surface area (Å²) in [7, 11) is 0. The third-order valence-electron chi connectivity index (χ3n) is 2.38. The SMILES string of the molecule is C=C(C)c1c(C)sc(CNCC)c1C. The summed E-state index contributed by atoms with van der Waals surface area (Å²) in [4.78, 5) is 2.84. The molecule has 14 heavy (non-hydrogen) atoms. The molecule has 0 spiro atoms. The molecule has 0 aliphatic rings. The lowest BCUT2D eigenvalue weighted by Crippen LogP contribution is -2.11. The van der Waals surface area contributed by atoms with Gasteiger partial charge in [0.2, 0.25) is 0 Å². The summed E-state index contributed by atoms with van der Waals surface area (Å²) in [6.45, 7) is 14.6. The average molecular weight is 209 g/mol. The molecule has 1 nitrogen and oxygen atoms in total. The second-order valence-electron chi connectivity index (χ2n) is 3.64. The van der Waals surface area contributed by atoms with Crippen LogP contribution in [0.5, 0.6) is 0 Å². The van der Waals surface area contributed by atoms with Crippen LogP contribution in [0.4, 0.5) is 0 Å². The van der Waals surface area contributed by atoms with Crippen LogP contribution in [0.25, 0.3) is 5.57 Å². The van der Waals surface area contributed by atoms with E-state index in [1.807, 2.05) is 11.3 Å². The Morgan fingerprint density at radius 3 is 2.50 bits per heavy atom. The molecular weight excluding hydrogens is 190 g/mol. The van der Waals surface area contributed by atoms with Crippen molar-refractivity contribution in [1.82, 2.24) is 5.32 Å². The van der Waals surface area contributed by atoms with Crippen molar-refractivity contribution >= 4 is 16.9 Å². The molecule has 1 heterocycles. The zero-order valence-corrected chi connectivity index (χ0v) is 10.3. The van der Waals surface area contributed by atoms with E-state index >= 15 is 0 Å². The first kappa shape index (κ1) is 11.5. The van der Waals surface area contributed by atoms with E-state index in [0.29, 0.717) is 0 Å². The monoisotopic (exact) mass is 209 g/mol. The van der Waals surface area contributed by atoms with Crippen LogP contribution in [-0.2, 0) is 6.54 Å². The summed E-state index contributed by atoms with van der Waals surface area (Å²) < 4.78 is 0. The predicted molar refractivity (Wildman–Crippen MR) is 65.9 cm³/mol. The molecule has 2 heteroatoms. The summed E-state index contributed by atoms with van der Waals surface area (Å²) in [5.41, 5.74) is 3.95. The maximum absolute atomic E-state index is 4.03. The molecule has 0 unspecified atom stereocenters. The van der Waals surface area contributed by atoms with E-state index in [4.69, 9.17) is 0 Å². The van der Waals surface area contributed by atoms with Crippen LogP contribution >= 0.6 is 11.3 Å². The fraction of sp³-hybridized carbons (Fsp3) is 0.500. The molecule has 78 valence electrons. The fourth-order valence-corrected chi connectivity index (χ4v) is 2.97. The average Bonchev–Trinajstić information content (AvgIpc) is 2.38. The van der Waals surface area contributed by atoms with E-state index in [2.05, 4.69) is 39.6 Å². The lowest BCUT2D eigenvalue weighted by Gasteiger charge is -2.02. The largest absolute Gasteiger partial charge is 0.312 e. The van der Waals surface area contributed by atoms with Crippen molar-refractivity contribution in [2.45, 2.75) is 34.2 Å². The van der Waals surface area contributed by atoms with Gasteiger partial charge in [-0.05, 0) is 44.0 Å². The second-order valence-corrected chi connectivity index (χ2v) is 4.95. The van der Waals surface area contributed by atoms with Gasteiger partial charge in [0.1, 0.15) is 0 Å². The van der Waals surface area contributed by atoms with Crippen LogP contribution in [-0.4, -0.2) is 6.54 Å². The Hall–Kier alpha value is -0.600. The van der Waals surface area contributed by atoms with E-state index in [9.17, 15) is 0 Å². The molecule has 1 aromatic heterocycles. The molecular formula is C12H19NS. The molecule has 0 saturated carbocycles. The molecule has 0 radical (unpaired) electrons. The number of hydrogen-bond acceptors (Lipinski definition) is 2. The van der Waals surface area contributed by atoms with Crippen LogP contribution in [0.1, 0.15) is 34.7 Å². The highest BCUT2D eigenvalue weighted by molar-refractivity contribution is 7.12. The van der Waals surface area contributed by atoms with Gasteiger partial charge in [0, 0.05) is 16.3 Å². The second kappa shape index (κ2) is 4.76. The third-order valence-corrected chi connectivity index (χ3v) is 3.59. The maximum Gasteiger partial charge on any atom is 0.0302 e. The highest BCUT2D eigenvalue weighted by Gasteiger charge is 2.11. The first-order valence-corrected chi connectivity index (χ1v) is 5.85. The standard InChI is InChI=1S/C12H19NS/c1-6-13-7-11-9(4)12(8(2)3)10(5)14-11/h13H,2,6-7H2,1,3-5H3. The first-order valence-electron chi connectivity index (χ1n) is 5.03. The third kappa shape index (κ3) is 2.25. The molecule has 0 fully saturated rings. The molecule has 0 aliphatic heterocycles. The van der Waals surface area contributed by atoms with Gasteiger partial charge in [-0.3, -0.25) is 0 Å². The summed E-state index contributed by atoms with van der Waals surface area (Å²) >= 11 is 1.89. The normalized spacial score (nSPS) is 10.6. The lowest BCUT2D eigenvalue weighted by atomic mass is 10.0. The number of nitrogens with one attached hydrogen (secondary N) is 1. The molecule has 1 rings (SSSR count). The Morgan fingerprint density at radius 2 is 2.07 bits per heavy atom. The number of thiophene rings is 1. The van der Waals surface area contributed by atoms with E-state index < -0.39 is 0 Å². The Labute approximate surface area is 90.9 Å². The molecule has 0 bridgehead atoms. The summed E-state index contributed by atoms with van der Waals surface area (Å²) in [6.07, 6.45) is 0. The molecule has 1 aromatic rings. The predicted octanol–water partition coefficient (Wildman–Crippen LogP) is 3.51. The van der Waals surface area contributed by atoms with E-state index in [-0.39, 0.29) is 0 Å². The van der Waals surface area contributed by atoms with Crippen LogP contribution in [0.3, 0.4) is 0 Å². The minimum atomic E-state index is 0.987. The highest BCUT2D eigenvalue weighted by atomic mass is 32.1. The van der Waals surface area contributed by atoms with Gasteiger partial charge in [-0.2, -0.15) is 0 Å².